The van der Waals surface area contributed by atoms with E-state index < -0.39 is 10.1 Å². The number of nitrogens with zero attached hydrogens (tertiary/aromatic N) is 5. The Kier molecular flexibility index (Phi) is 12.8. The smallest absolute Gasteiger partial charge is 0.339 e. The number of allylic oxidation sites excluding steroid dienone is 5. The van der Waals surface area contributed by atoms with Crippen LogP contribution in [0.15, 0.2) is 168 Å². The summed E-state index contributed by atoms with van der Waals surface area (Å²) >= 11 is 0. The summed E-state index contributed by atoms with van der Waals surface area (Å²) in [5.41, 5.74) is 14.8. The summed E-state index contributed by atoms with van der Waals surface area (Å²) in [6.45, 7) is 5.46. The van der Waals surface area contributed by atoms with Gasteiger partial charge in [-0.15, -0.1) is 0 Å². The number of anilines is 1. The zero-order valence-corrected chi connectivity index (χ0v) is 32.9. The molecule has 2 aliphatic heterocycles. The number of pyridine rings is 2. The third-order valence-corrected chi connectivity index (χ3v) is 10.9. The number of aryl methyl sites for hydroxylation is 1. The molecule has 0 spiro atoms. The molecule has 0 aliphatic carbocycles. The highest BCUT2D eigenvalue weighted by Crippen LogP contribution is 2.36. The van der Waals surface area contributed by atoms with Crippen LogP contribution < -0.4 is 15.2 Å². The summed E-state index contributed by atoms with van der Waals surface area (Å²) < 4.78 is 35.0. The SMILES string of the molecule is Cc1ccc(S(=O)(=O)Oc2c(CN(CC3=CC=CCN3)CC3=NC=CC=CC3)cc(-c3ccc(N)cc3)cc2CN(Cc2ccccn2)Cc2ccccn2)cc1. The molecule has 11 heteroatoms. The van der Waals surface area contributed by atoms with E-state index >= 15 is 0 Å². The maximum Gasteiger partial charge on any atom is 0.339 e. The van der Waals surface area contributed by atoms with Gasteiger partial charge in [0.1, 0.15) is 4.90 Å². The molecule has 0 amide bonds. The van der Waals surface area contributed by atoms with Gasteiger partial charge < -0.3 is 15.2 Å². The molecule has 10 nitrogen and oxygen atoms in total. The van der Waals surface area contributed by atoms with Crippen LogP contribution in [-0.4, -0.2) is 53.5 Å². The standard InChI is InChI=1S/C46H47N7O3S/c1-35-15-21-45(22-16-35)57(54,55)56-46-38(29-52(32-42-12-4-8-24-49-42)31-41-11-3-2-7-23-48-41)27-37(36-17-19-40(47)20-18-36)28-39(46)30-53(33-43-13-5-9-25-50-43)34-44-14-6-10-26-51-44/h2-10,12-23,25-28,49H,11,24,29-34,47H2,1H3. The van der Waals surface area contributed by atoms with Crippen molar-refractivity contribution in [2.45, 2.75) is 44.4 Å². The number of nitrogen functional groups attached to an aromatic ring is 1. The van der Waals surface area contributed by atoms with Crippen LogP contribution >= 0.6 is 0 Å². The Labute approximate surface area is 335 Å². The van der Waals surface area contributed by atoms with Crippen molar-refractivity contribution in [2.75, 3.05) is 25.4 Å². The summed E-state index contributed by atoms with van der Waals surface area (Å²) in [4.78, 5) is 18.6. The summed E-state index contributed by atoms with van der Waals surface area (Å²) in [6.07, 6.45) is 18.3. The maximum absolute atomic E-state index is 14.3. The van der Waals surface area contributed by atoms with Crippen LogP contribution in [0, 0.1) is 6.92 Å². The monoisotopic (exact) mass is 777 g/mol. The van der Waals surface area contributed by atoms with Crippen molar-refractivity contribution in [3.63, 3.8) is 0 Å². The molecule has 0 saturated carbocycles. The summed E-state index contributed by atoms with van der Waals surface area (Å²) in [7, 11) is -4.26. The van der Waals surface area contributed by atoms with Gasteiger partial charge in [0.15, 0.2) is 5.75 Å². The Morgan fingerprint density at radius 2 is 1.39 bits per heavy atom. The molecule has 3 aromatic carbocycles. The quantitative estimate of drug-likeness (QED) is 0.0764. The summed E-state index contributed by atoms with van der Waals surface area (Å²) in [5.74, 6) is 0.292. The summed E-state index contributed by atoms with van der Waals surface area (Å²) in [5, 5.41) is 3.50. The first-order valence-corrected chi connectivity index (χ1v) is 20.4. The molecule has 0 radical (unpaired) electrons. The molecular weight excluding hydrogens is 731 g/mol. The molecule has 0 unspecified atom stereocenters. The second-order valence-electron chi connectivity index (χ2n) is 14.2. The number of hydrogen-bond donors (Lipinski definition) is 2. The molecule has 2 aromatic heterocycles. The second kappa shape index (κ2) is 18.7. The number of hydrogen-bond acceptors (Lipinski definition) is 10. The van der Waals surface area contributed by atoms with Gasteiger partial charge in [0.25, 0.3) is 0 Å². The minimum atomic E-state index is -4.26. The van der Waals surface area contributed by atoms with Gasteiger partial charge in [0.2, 0.25) is 0 Å². The number of aliphatic imine (C=N–C) groups is 1. The van der Waals surface area contributed by atoms with Crippen LogP contribution in [-0.2, 0) is 36.3 Å². The fourth-order valence-electron chi connectivity index (χ4n) is 6.81. The Balaban J connectivity index is 1.38. The first kappa shape index (κ1) is 39.1. The van der Waals surface area contributed by atoms with Crippen molar-refractivity contribution in [3.8, 4) is 16.9 Å². The van der Waals surface area contributed by atoms with Crippen molar-refractivity contribution in [3.05, 3.63) is 186 Å². The van der Waals surface area contributed by atoms with Crippen LogP contribution in [0.25, 0.3) is 11.1 Å². The zero-order chi connectivity index (χ0) is 39.5. The molecule has 7 rings (SSSR count). The maximum atomic E-state index is 14.3. The molecule has 0 bridgehead atoms. The average molecular weight is 778 g/mol. The topological polar surface area (TPSA) is 126 Å². The lowest BCUT2D eigenvalue weighted by molar-refractivity contribution is 0.239. The second-order valence-corrected chi connectivity index (χ2v) is 15.7. The highest BCUT2D eigenvalue weighted by Gasteiger charge is 2.26. The number of rotatable bonds is 16. The van der Waals surface area contributed by atoms with E-state index in [1.54, 1.807) is 36.7 Å². The summed E-state index contributed by atoms with van der Waals surface area (Å²) in [6, 6.07) is 30.2. The number of dihydropyridines is 1. The van der Waals surface area contributed by atoms with Crippen LogP contribution in [0.1, 0.15) is 34.5 Å². The van der Waals surface area contributed by atoms with Gasteiger partial charge >= 0.3 is 10.1 Å². The zero-order valence-electron chi connectivity index (χ0n) is 32.0. The van der Waals surface area contributed by atoms with Crippen LogP contribution in [0.3, 0.4) is 0 Å². The largest absolute Gasteiger partial charge is 0.399 e. The Hall–Kier alpha value is -6.14. The van der Waals surface area contributed by atoms with E-state index in [0.717, 1.165) is 51.6 Å². The molecule has 2 aliphatic rings. The van der Waals surface area contributed by atoms with Gasteiger partial charge in [0.05, 0.1) is 11.4 Å². The van der Waals surface area contributed by atoms with Crippen LogP contribution in [0.2, 0.25) is 0 Å². The lowest BCUT2D eigenvalue weighted by Gasteiger charge is -2.28. The van der Waals surface area contributed by atoms with E-state index in [-0.39, 0.29) is 4.90 Å². The van der Waals surface area contributed by atoms with Crippen molar-refractivity contribution in [1.82, 2.24) is 25.1 Å². The fourth-order valence-corrected chi connectivity index (χ4v) is 7.81. The molecule has 57 heavy (non-hydrogen) atoms. The molecule has 4 heterocycles. The van der Waals surface area contributed by atoms with Gasteiger partial charge in [0, 0.05) is 99.1 Å². The molecule has 3 N–H and O–H groups in total. The van der Waals surface area contributed by atoms with Gasteiger partial charge in [-0.1, -0.05) is 66.3 Å². The molecule has 5 aromatic rings. The lowest BCUT2D eigenvalue weighted by atomic mass is 9.97. The van der Waals surface area contributed by atoms with Gasteiger partial charge in [-0.05, 0) is 90.9 Å². The van der Waals surface area contributed by atoms with Crippen molar-refractivity contribution in [2.24, 2.45) is 4.99 Å². The number of aromatic nitrogens is 2. The van der Waals surface area contributed by atoms with Crippen LogP contribution in [0.4, 0.5) is 5.69 Å². The molecule has 290 valence electrons. The molecular formula is C46H47N7O3S. The van der Waals surface area contributed by atoms with Crippen molar-refractivity contribution >= 4 is 21.5 Å². The van der Waals surface area contributed by atoms with E-state index in [2.05, 4.69) is 49.4 Å². The first-order chi connectivity index (χ1) is 27.8. The van der Waals surface area contributed by atoms with E-state index in [1.165, 1.54) is 0 Å². The number of nitrogens with one attached hydrogen (secondary N) is 1. The van der Waals surface area contributed by atoms with Crippen molar-refractivity contribution in [1.29, 1.82) is 0 Å². The first-order valence-electron chi connectivity index (χ1n) is 19.0. The Morgan fingerprint density at radius 3 is 2.00 bits per heavy atom. The van der Waals surface area contributed by atoms with E-state index in [1.807, 2.05) is 98.1 Å². The van der Waals surface area contributed by atoms with E-state index in [4.69, 9.17) is 14.9 Å². The average Bonchev–Trinajstić information content (AvgIpc) is 3.49. The van der Waals surface area contributed by atoms with Crippen LogP contribution in [0.5, 0.6) is 5.75 Å². The number of benzene rings is 3. The highest BCUT2D eigenvalue weighted by atomic mass is 32.2. The number of nitrogens with two attached hydrogens (primary N) is 1. The van der Waals surface area contributed by atoms with Gasteiger partial charge in [-0.2, -0.15) is 8.42 Å². The van der Waals surface area contributed by atoms with Gasteiger partial charge in [-0.3, -0.25) is 24.8 Å². The van der Waals surface area contributed by atoms with Crippen molar-refractivity contribution < 1.29 is 12.6 Å². The predicted octanol–water partition coefficient (Wildman–Crippen LogP) is 7.76. The van der Waals surface area contributed by atoms with E-state index in [0.29, 0.717) is 62.7 Å². The molecule has 0 saturated heterocycles. The third kappa shape index (κ3) is 11.0. The lowest BCUT2D eigenvalue weighted by Crippen LogP contribution is -2.35. The molecule has 0 atom stereocenters. The molecule has 0 fully saturated rings. The minimum absolute atomic E-state index is 0.0815. The Morgan fingerprint density at radius 1 is 0.719 bits per heavy atom. The van der Waals surface area contributed by atoms with Gasteiger partial charge in [-0.25, -0.2) is 0 Å². The van der Waals surface area contributed by atoms with E-state index in [9.17, 15) is 8.42 Å². The minimum Gasteiger partial charge on any atom is -0.399 e. The fraction of sp³-hybridized carbons (Fsp3) is 0.196. The normalized spacial score (nSPS) is 13.9. The predicted molar refractivity (Wildman–Crippen MR) is 228 cm³/mol. The third-order valence-electron chi connectivity index (χ3n) is 9.63. The highest BCUT2D eigenvalue weighted by molar-refractivity contribution is 7.87. The Bertz CT molecular complexity index is 2350.